The maximum atomic E-state index is 11.9. The predicted molar refractivity (Wildman–Crippen MR) is 70.5 cm³/mol. The van der Waals surface area contributed by atoms with Gasteiger partial charge in [0.05, 0.1) is 10.1 Å². The average molecular weight is 250 g/mol. The number of aryl methyl sites for hydroxylation is 1. The van der Waals surface area contributed by atoms with E-state index in [2.05, 4.69) is 11.8 Å². The van der Waals surface area contributed by atoms with Crippen molar-refractivity contribution in [2.75, 3.05) is 0 Å². The van der Waals surface area contributed by atoms with Crippen LogP contribution in [0, 0.1) is 11.8 Å². The third kappa shape index (κ3) is 3.61. The van der Waals surface area contributed by atoms with Crippen molar-refractivity contribution in [2.24, 2.45) is 0 Å². The third-order valence-corrected chi connectivity index (χ3v) is 4.76. The van der Waals surface area contributed by atoms with Gasteiger partial charge in [-0.25, -0.2) is 8.42 Å². The molecule has 0 amide bonds. The molecule has 0 atom stereocenters. The molecule has 0 bridgehead atoms. The van der Waals surface area contributed by atoms with Crippen molar-refractivity contribution >= 4 is 9.84 Å². The SMILES string of the molecule is CC#CCCc1ccc(S(=O)(=O)C(C)C)cc1. The number of hydrogen-bond donors (Lipinski definition) is 0. The molecule has 0 aromatic heterocycles. The van der Waals surface area contributed by atoms with Crippen molar-refractivity contribution < 1.29 is 8.42 Å². The summed E-state index contributed by atoms with van der Waals surface area (Å²) in [4.78, 5) is 0.401. The van der Waals surface area contributed by atoms with Crippen LogP contribution in [-0.2, 0) is 16.3 Å². The number of benzene rings is 1. The first-order valence-corrected chi connectivity index (χ1v) is 7.25. The highest BCUT2D eigenvalue weighted by atomic mass is 32.2. The first-order chi connectivity index (χ1) is 7.98. The highest BCUT2D eigenvalue weighted by molar-refractivity contribution is 7.92. The Labute approximate surface area is 104 Å². The van der Waals surface area contributed by atoms with Gasteiger partial charge in [-0.3, -0.25) is 0 Å². The van der Waals surface area contributed by atoms with E-state index in [1.807, 2.05) is 19.1 Å². The maximum absolute atomic E-state index is 11.9. The second kappa shape index (κ2) is 5.88. The van der Waals surface area contributed by atoms with E-state index in [9.17, 15) is 8.42 Å². The summed E-state index contributed by atoms with van der Waals surface area (Å²) < 4.78 is 23.8. The van der Waals surface area contributed by atoms with Crippen molar-refractivity contribution in [2.45, 2.75) is 43.8 Å². The Kier molecular flexibility index (Phi) is 4.77. The fraction of sp³-hybridized carbons (Fsp3) is 0.429. The third-order valence-electron chi connectivity index (χ3n) is 2.59. The second-order valence-corrected chi connectivity index (χ2v) is 6.67. The zero-order valence-electron chi connectivity index (χ0n) is 10.5. The predicted octanol–water partition coefficient (Wildman–Crippen LogP) is 2.82. The fourth-order valence-electron chi connectivity index (χ4n) is 1.45. The first-order valence-electron chi connectivity index (χ1n) is 5.71. The maximum Gasteiger partial charge on any atom is 0.180 e. The van der Waals surface area contributed by atoms with E-state index in [0.29, 0.717) is 4.90 Å². The van der Waals surface area contributed by atoms with Gasteiger partial charge in [0.15, 0.2) is 9.84 Å². The Morgan fingerprint density at radius 2 is 1.76 bits per heavy atom. The highest BCUT2D eigenvalue weighted by Crippen LogP contribution is 2.16. The van der Waals surface area contributed by atoms with Crippen LogP contribution in [0.25, 0.3) is 0 Å². The Morgan fingerprint density at radius 1 is 1.18 bits per heavy atom. The molecule has 1 rings (SSSR count). The molecular formula is C14H18O2S. The summed E-state index contributed by atoms with van der Waals surface area (Å²) in [6.07, 6.45) is 1.68. The summed E-state index contributed by atoms with van der Waals surface area (Å²) in [7, 11) is -3.15. The summed E-state index contributed by atoms with van der Waals surface area (Å²) in [6.45, 7) is 5.21. The lowest BCUT2D eigenvalue weighted by molar-refractivity contribution is 0.587. The van der Waals surface area contributed by atoms with Gasteiger partial charge in [0.1, 0.15) is 0 Å². The van der Waals surface area contributed by atoms with E-state index in [4.69, 9.17) is 0 Å². The van der Waals surface area contributed by atoms with Gasteiger partial charge in [-0.2, -0.15) is 0 Å². The molecule has 0 saturated heterocycles. The minimum absolute atomic E-state index is 0.376. The quantitative estimate of drug-likeness (QED) is 0.770. The minimum Gasteiger partial charge on any atom is -0.223 e. The lowest BCUT2D eigenvalue weighted by atomic mass is 10.1. The van der Waals surface area contributed by atoms with E-state index in [0.717, 1.165) is 18.4 Å². The molecular weight excluding hydrogens is 232 g/mol. The van der Waals surface area contributed by atoms with Gasteiger partial charge in [0.25, 0.3) is 0 Å². The van der Waals surface area contributed by atoms with Crippen LogP contribution in [0.15, 0.2) is 29.2 Å². The zero-order chi connectivity index (χ0) is 12.9. The van der Waals surface area contributed by atoms with Crippen molar-refractivity contribution in [1.82, 2.24) is 0 Å². The van der Waals surface area contributed by atoms with Crippen molar-refractivity contribution in [3.8, 4) is 11.8 Å². The normalized spacial score (nSPS) is 11.1. The smallest absolute Gasteiger partial charge is 0.180 e. The van der Waals surface area contributed by atoms with Crippen LogP contribution in [-0.4, -0.2) is 13.7 Å². The Balaban J connectivity index is 2.84. The van der Waals surface area contributed by atoms with Crippen molar-refractivity contribution in [3.63, 3.8) is 0 Å². The van der Waals surface area contributed by atoms with Crippen molar-refractivity contribution in [3.05, 3.63) is 29.8 Å². The largest absolute Gasteiger partial charge is 0.223 e. The van der Waals surface area contributed by atoms with E-state index in [1.165, 1.54) is 0 Å². The standard InChI is InChI=1S/C14H18O2S/c1-4-5-6-7-13-8-10-14(11-9-13)17(15,16)12(2)3/h8-12H,6-7H2,1-3H3. The average Bonchev–Trinajstić information content (AvgIpc) is 2.30. The molecule has 0 saturated carbocycles. The molecule has 1 aromatic carbocycles. The summed E-state index contributed by atoms with van der Waals surface area (Å²) in [5, 5.41) is -0.376. The Bertz CT molecular complexity index is 514. The molecule has 92 valence electrons. The molecule has 0 aliphatic rings. The van der Waals surface area contributed by atoms with Gasteiger partial charge >= 0.3 is 0 Å². The molecule has 0 N–H and O–H groups in total. The first kappa shape index (κ1) is 13.8. The van der Waals surface area contributed by atoms with Crippen LogP contribution >= 0.6 is 0 Å². The second-order valence-electron chi connectivity index (χ2n) is 4.16. The summed E-state index contributed by atoms with van der Waals surface area (Å²) >= 11 is 0. The molecule has 3 heteroatoms. The van der Waals surface area contributed by atoms with Crippen LogP contribution in [0.4, 0.5) is 0 Å². The Morgan fingerprint density at radius 3 is 2.24 bits per heavy atom. The fourth-order valence-corrected chi connectivity index (χ4v) is 2.51. The van der Waals surface area contributed by atoms with E-state index >= 15 is 0 Å². The van der Waals surface area contributed by atoms with Crippen LogP contribution < -0.4 is 0 Å². The molecule has 0 unspecified atom stereocenters. The molecule has 0 aliphatic heterocycles. The highest BCUT2D eigenvalue weighted by Gasteiger charge is 2.18. The van der Waals surface area contributed by atoms with Crippen LogP contribution in [0.3, 0.4) is 0 Å². The van der Waals surface area contributed by atoms with Crippen molar-refractivity contribution in [1.29, 1.82) is 0 Å². The molecule has 0 aliphatic carbocycles. The number of hydrogen-bond acceptors (Lipinski definition) is 2. The van der Waals surface area contributed by atoms with E-state index in [1.54, 1.807) is 26.0 Å². The van der Waals surface area contributed by atoms with Gasteiger partial charge in [-0.05, 0) is 44.9 Å². The summed E-state index contributed by atoms with van der Waals surface area (Å²) in [6, 6.07) is 7.10. The Hall–Kier alpha value is -1.27. The van der Waals surface area contributed by atoms with Gasteiger partial charge < -0.3 is 0 Å². The molecule has 17 heavy (non-hydrogen) atoms. The molecule has 2 nitrogen and oxygen atoms in total. The lowest BCUT2D eigenvalue weighted by Gasteiger charge is -2.08. The summed E-state index contributed by atoms with van der Waals surface area (Å²) in [5.74, 6) is 5.83. The molecule has 0 radical (unpaired) electrons. The molecule has 1 aromatic rings. The number of rotatable bonds is 4. The topological polar surface area (TPSA) is 34.1 Å². The van der Waals surface area contributed by atoms with Crippen LogP contribution in [0.5, 0.6) is 0 Å². The van der Waals surface area contributed by atoms with Gasteiger partial charge in [0, 0.05) is 6.42 Å². The lowest BCUT2D eigenvalue weighted by Crippen LogP contribution is -2.13. The van der Waals surface area contributed by atoms with E-state index < -0.39 is 9.84 Å². The summed E-state index contributed by atoms with van der Waals surface area (Å²) in [5.41, 5.74) is 1.12. The van der Waals surface area contributed by atoms with Gasteiger partial charge in [-0.15, -0.1) is 11.8 Å². The number of sulfone groups is 1. The van der Waals surface area contributed by atoms with Gasteiger partial charge in [-0.1, -0.05) is 12.1 Å². The molecule has 0 spiro atoms. The van der Waals surface area contributed by atoms with Crippen LogP contribution in [0.2, 0.25) is 0 Å². The van der Waals surface area contributed by atoms with Crippen LogP contribution in [0.1, 0.15) is 32.8 Å². The zero-order valence-corrected chi connectivity index (χ0v) is 11.3. The minimum atomic E-state index is -3.15. The monoisotopic (exact) mass is 250 g/mol. The van der Waals surface area contributed by atoms with E-state index in [-0.39, 0.29) is 5.25 Å². The molecule has 0 fully saturated rings. The van der Waals surface area contributed by atoms with Gasteiger partial charge in [0.2, 0.25) is 0 Å². The molecule has 0 heterocycles.